The lowest BCUT2D eigenvalue weighted by molar-refractivity contribution is -0.121. The molecule has 0 radical (unpaired) electrons. The van der Waals surface area contributed by atoms with Gasteiger partial charge in [0, 0.05) is 30.3 Å². The molecule has 0 spiro atoms. The lowest BCUT2D eigenvalue weighted by Crippen LogP contribution is -2.33. The first kappa shape index (κ1) is 23.2. The van der Waals surface area contributed by atoms with Crippen LogP contribution in [0, 0.1) is 0 Å². The van der Waals surface area contributed by atoms with Gasteiger partial charge in [0.25, 0.3) is 5.56 Å². The van der Waals surface area contributed by atoms with Crippen LogP contribution in [0.4, 0.5) is 0 Å². The Morgan fingerprint density at radius 1 is 1.12 bits per heavy atom. The van der Waals surface area contributed by atoms with E-state index in [1.54, 1.807) is 11.3 Å². The standard InChI is InChI=1S/C26H32N4O2S/c1-4-20-16-21-23(33-20)17-22-26(32)29(28-24(5-2)30(21)22)15-9-12-25(31)27-18(3)13-14-19-10-7-6-8-11-19/h6-8,10-11,16-18H,4-5,9,12-15H2,1-3H3,(H,27,31)/t18-/m0/s1. The Kier molecular flexibility index (Phi) is 7.28. The number of carbonyl (C=O) groups is 1. The van der Waals surface area contributed by atoms with Crippen molar-refractivity contribution < 1.29 is 4.79 Å². The highest BCUT2D eigenvalue weighted by atomic mass is 32.1. The first-order chi connectivity index (χ1) is 16.0. The van der Waals surface area contributed by atoms with Crippen LogP contribution in [0.1, 0.15) is 56.3 Å². The smallest absolute Gasteiger partial charge is 0.291 e. The second-order valence-electron chi connectivity index (χ2n) is 8.58. The van der Waals surface area contributed by atoms with Crippen LogP contribution in [0.2, 0.25) is 0 Å². The Morgan fingerprint density at radius 2 is 1.91 bits per heavy atom. The van der Waals surface area contributed by atoms with Gasteiger partial charge in [0.1, 0.15) is 11.3 Å². The molecule has 0 aliphatic carbocycles. The van der Waals surface area contributed by atoms with Gasteiger partial charge in [-0.15, -0.1) is 11.3 Å². The number of aryl methyl sites for hydroxylation is 4. The largest absolute Gasteiger partial charge is 0.354 e. The minimum atomic E-state index is -0.0923. The van der Waals surface area contributed by atoms with Gasteiger partial charge < -0.3 is 5.32 Å². The van der Waals surface area contributed by atoms with E-state index in [0.29, 0.717) is 24.9 Å². The van der Waals surface area contributed by atoms with Crippen molar-refractivity contribution >= 4 is 33.0 Å². The van der Waals surface area contributed by atoms with Crippen molar-refractivity contribution in [3.63, 3.8) is 0 Å². The lowest BCUT2D eigenvalue weighted by Gasteiger charge is -2.14. The Morgan fingerprint density at radius 3 is 2.64 bits per heavy atom. The number of aromatic nitrogens is 3. The van der Waals surface area contributed by atoms with E-state index in [0.717, 1.165) is 41.7 Å². The van der Waals surface area contributed by atoms with E-state index in [-0.39, 0.29) is 17.5 Å². The summed E-state index contributed by atoms with van der Waals surface area (Å²) < 4.78 is 4.66. The molecule has 33 heavy (non-hydrogen) atoms. The van der Waals surface area contributed by atoms with Crippen LogP contribution in [0.15, 0.2) is 47.3 Å². The Bertz CT molecular complexity index is 1300. The van der Waals surface area contributed by atoms with Crippen molar-refractivity contribution in [1.29, 1.82) is 0 Å². The molecule has 7 heteroatoms. The first-order valence-corrected chi connectivity index (χ1v) is 12.7. The zero-order chi connectivity index (χ0) is 23.4. The number of carbonyl (C=O) groups excluding carboxylic acids is 1. The molecule has 0 bridgehead atoms. The van der Waals surface area contributed by atoms with Gasteiger partial charge in [-0.3, -0.25) is 14.0 Å². The second kappa shape index (κ2) is 10.3. The molecule has 3 aromatic heterocycles. The van der Waals surface area contributed by atoms with Crippen LogP contribution in [0.5, 0.6) is 0 Å². The van der Waals surface area contributed by atoms with Crippen LogP contribution >= 0.6 is 11.3 Å². The number of hydrogen-bond acceptors (Lipinski definition) is 4. The summed E-state index contributed by atoms with van der Waals surface area (Å²) >= 11 is 1.74. The topological polar surface area (TPSA) is 68.4 Å². The summed E-state index contributed by atoms with van der Waals surface area (Å²) in [5.41, 5.74) is 2.93. The number of thiophene rings is 1. The summed E-state index contributed by atoms with van der Waals surface area (Å²) in [6.07, 6.45) is 4.52. The molecule has 0 saturated heterocycles. The van der Waals surface area contributed by atoms with Crippen molar-refractivity contribution in [2.24, 2.45) is 0 Å². The van der Waals surface area contributed by atoms with Crippen LogP contribution < -0.4 is 10.9 Å². The molecule has 1 N–H and O–H groups in total. The van der Waals surface area contributed by atoms with E-state index in [4.69, 9.17) is 0 Å². The van der Waals surface area contributed by atoms with E-state index < -0.39 is 0 Å². The maximum Gasteiger partial charge on any atom is 0.291 e. The highest BCUT2D eigenvalue weighted by Crippen LogP contribution is 2.29. The van der Waals surface area contributed by atoms with Gasteiger partial charge in [0.05, 0.1) is 10.2 Å². The molecular weight excluding hydrogens is 432 g/mol. The van der Waals surface area contributed by atoms with Gasteiger partial charge in [-0.25, -0.2) is 4.68 Å². The molecule has 4 aromatic rings. The average Bonchev–Trinajstić information content (AvgIpc) is 3.38. The monoisotopic (exact) mass is 464 g/mol. The first-order valence-electron chi connectivity index (χ1n) is 11.9. The van der Waals surface area contributed by atoms with Crippen LogP contribution in [-0.4, -0.2) is 26.1 Å². The highest BCUT2D eigenvalue weighted by Gasteiger charge is 2.16. The molecule has 6 nitrogen and oxygen atoms in total. The fourth-order valence-electron chi connectivity index (χ4n) is 4.23. The number of nitrogens with one attached hydrogen (secondary N) is 1. The fraction of sp³-hybridized carbons (Fsp3) is 0.423. The van der Waals surface area contributed by atoms with Crippen LogP contribution in [0.3, 0.4) is 0 Å². The van der Waals surface area contributed by atoms with Crippen LogP contribution in [0.25, 0.3) is 15.7 Å². The van der Waals surface area contributed by atoms with E-state index in [9.17, 15) is 9.59 Å². The van der Waals surface area contributed by atoms with E-state index >= 15 is 0 Å². The maximum atomic E-state index is 13.1. The predicted molar refractivity (Wildman–Crippen MR) is 135 cm³/mol. The number of fused-ring (bicyclic) bond motifs is 3. The Hall–Kier alpha value is -2.93. The lowest BCUT2D eigenvalue weighted by atomic mass is 10.1. The highest BCUT2D eigenvalue weighted by molar-refractivity contribution is 7.19. The molecule has 1 amide bonds. The van der Waals surface area contributed by atoms with Gasteiger partial charge in [-0.05, 0) is 50.3 Å². The van der Waals surface area contributed by atoms with Crippen molar-refractivity contribution in [3.8, 4) is 0 Å². The summed E-state index contributed by atoms with van der Waals surface area (Å²) in [4.78, 5) is 26.8. The van der Waals surface area contributed by atoms with Gasteiger partial charge in [-0.2, -0.15) is 5.10 Å². The van der Waals surface area contributed by atoms with Crippen LogP contribution in [-0.2, 0) is 30.6 Å². The summed E-state index contributed by atoms with van der Waals surface area (Å²) in [5, 5.41) is 7.72. The van der Waals surface area contributed by atoms with Gasteiger partial charge in [0.2, 0.25) is 5.91 Å². The van der Waals surface area contributed by atoms with E-state index in [2.05, 4.69) is 42.5 Å². The second-order valence-corrected chi connectivity index (χ2v) is 9.74. The number of rotatable bonds is 10. The van der Waals surface area contributed by atoms with Crippen molar-refractivity contribution in [2.75, 3.05) is 0 Å². The third kappa shape index (κ3) is 5.19. The Labute approximate surface area is 198 Å². The quantitative estimate of drug-likeness (QED) is 0.368. The zero-order valence-electron chi connectivity index (χ0n) is 19.6. The van der Waals surface area contributed by atoms with Crippen molar-refractivity contribution in [1.82, 2.24) is 19.5 Å². The normalized spacial score (nSPS) is 12.5. The molecule has 0 aliphatic heterocycles. The number of hydrogen-bond donors (Lipinski definition) is 1. The Balaban J connectivity index is 1.37. The summed E-state index contributed by atoms with van der Waals surface area (Å²) in [5.74, 6) is 0.898. The SMILES string of the molecule is CCc1cc2c(cc3c(=O)n(CCCC(=O)N[C@@H](C)CCc4ccccc4)nc(CC)n32)s1. The third-order valence-electron chi connectivity index (χ3n) is 6.04. The van der Waals surface area contributed by atoms with E-state index in [1.165, 1.54) is 15.1 Å². The number of amides is 1. The number of benzene rings is 1. The molecule has 1 aromatic carbocycles. The minimum absolute atomic E-state index is 0.0238. The minimum Gasteiger partial charge on any atom is -0.354 e. The molecular formula is C26H32N4O2S. The summed E-state index contributed by atoms with van der Waals surface area (Å²) in [6, 6.07) is 14.6. The zero-order valence-corrected chi connectivity index (χ0v) is 20.5. The van der Waals surface area contributed by atoms with Crippen molar-refractivity contribution in [3.05, 3.63) is 69.1 Å². The van der Waals surface area contributed by atoms with Gasteiger partial charge in [0.15, 0.2) is 0 Å². The molecule has 4 rings (SSSR count). The van der Waals surface area contributed by atoms with E-state index in [1.807, 2.05) is 35.6 Å². The molecule has 0 saturated carbocycles. The van der Waals surface area contributed by atoms with Gasteiger partial charge >= 0.3 is 0 Å². The molecule has 0 unspecified atom stereocenters. The maximum absolute atomic E-state index is 13.1. The molecule has 0 fully saturated rings. The average molecular weight is 465 g/mol. The van der Waals surface area contributed by atoms with Crippen molar-refractivity contribution in [2.45, 2.75) is 71.9 Å². The number of nitrogens with zero attached hydrogens (tertiary/aromatic N) is 3. The summed E-state index contributed by atoms with van der Waals surface area (Å²) in [7, 11) is 0. The summed E-state index contributed by atoms with van der Waals surface area (Å²) in [6.45, 7) is 6.67. The molecule has 0 aliphatic rings. The molecule has 174 valence electrons. The fourth-order valence-corrected chi connectivity index (χ4v) is 5.25. The van der Waals surface area contributed by atoms with Gasteiger partial charge in [-0.1, -0.05) is 44.2 Å². The predicted octanol–water partition coefficient (Wildman–Crippen LogP) is 4.75. The third-order valence-corrected chi connectivity index (χ3v) is 7.26. The molecule has 1 atom stereocenters. The molecule has 3 heterocycles.